The van der Waals surface area contributed by atoms with Crippen LogP contribution in [0.3, 0.4) is 0 Å². The molecule has 0 rings (SSSR count). The van der Waals surface area contributed by atoms with Gasteiger partial charge >= 0.3 is 11.9 Å². The third-order valence-electron chi connectivity index (χ3n) is 3.42. The smallest absolute Gasteiger partial charge is 0.332 e. The molecule has 0 aliphatic carbocycles. The molecular formula is C18H34O5. The van der Waals surface area contributed by atoms with Gasteiger partial charge in [0.25, 0.3) is 0 Å². The van der Waals surface area contributed by atoms with Gasteiger partial charge in [0.1, 0.15) is 19.3 Å². The zero-order chi connectivity index (χ0) is 17.5. The first kappa shape index (κ1) is 21.9. The molecule has 1 unspecified atom stereocenters. The molecule has 0 radical (unpaired) electrons. The van der Waals surface area contributed by atoms with Crippen molar-refractivity contribution in [1.82, 2.24) is 0 Å². The van der Waals surface area contributed by atoms with E-state index in [1.807, 2.05) is 0 Å². The summed E-state index contributed by atoms with van der Waals surface area (Å²) in [4.78, 5) is 23.1. The molecule has 0 amide bonds. The SMILES string of the molecule is CCCCC(CCC)OC(=O)COCC(=O)OCCCC(C)C. The Hall–Kier alpha value is -1.10. The highest BCUT2D eigenvalue weighted by atomic mass is 16.6. The van der Waals surface area contributed by atoms with Crippen LogP contribution in [-0.2, 0) is 23.8 Å². The number of carbonyl (C=O) groups excluding carboxylic acids is 2. The van der Waals surface area contributed by atoms with Crippen LogP contribution in [0.5, 0.6) is 0 Å². The molecule has 0 fully saturated rings. The molecule has 136 valence electrons. The zero-order valence-corrected chi connectivity index (χ0v) is 15.3. The molecule has 1 atom stereocenters. The van der Waals surface area contributed by atoms with E-state index in [1.165, 1.54) is 0 Å². The van der Waals surface area contributed by atoms with Gasteiger partial charge in [0.05, 0.1) is 6.61 Å². The number of unbranched alkanes of at least 4 members (excludes halogenated alkanes) is 1. The molecule has 0 aromatic rings. The van der Waals surface area contributed by atoms with Crippen molar-refractivity contribution in [2.24, 2.45) is 5.92 Å². The van der Waals surface area contributed by atoms with Gasteiger partial charge in [0.2, 0.25) is 0 Å². The van der Waals surface area contributed by atoms with Gasteiger partial charge in [-0.05, 0) is 31.6 Å². The fraction of sp³-hybridized carbons (Fsp3) is 0.889. The van der Waals surface area contributed by atoms with Crippen molar-refractivity contribution in [2.45, 2.75) is 78.7 Å². The molecule has 0 heterocycles. The van der Waals surface area contributed by atoms with Crippen LogP contribution in [0.2, 0.25) is 0 Å². The second kappa shape index (κ2) is 14.5. The Balaban J connectivity index is 3.76. The lowest BCUT2D eigenvalue weighted by Crippen LogP contribution is -2.23. The van der Waals surface area contributed by atoms with Gasteiger partial charge in [0, 0.05) is 0 Å². The van der Waals surface area contributed by atoms with Crippen LogP contribution in [0.1, 0.15) is 72.6 Å². The van der Waals surface area contributed by atoms with Crippen molar-refractivity contribution < 1.29 is 23.8 Å². The van der Waals surface area contributed by atoms with E-state index in [-0.39, 0.29) is 19.3 Å². The average molecular weight is 330 g/mol. The third-order valence-corrected chi connectivity index (χ3v) is 3.42. The number of esters is 2. The minimum Gasteiger partial charge on any atom is -0.464 e. The van der Waals surface area contributed by atoms with Gasteiger partial charge in [-0.2, -0.15) is 0 Å². The second-order valence-electron chi connectivity index (χ2n) is 6.29. The molecule has 0 saturated carbocycles. The summed E-state index contributed by atoms with van der Waals surface area (Å²) in [6, 6.07) is 0. The predicted molar refractivity (Wildman–Crippen MR) is 90.2 cm³/mol. The summed E-state index contributed by atoms with van der Waals surface area (Å²) in [6.45, 7) is 8.43. The lowest BCUT2D eigenvalue weighted by atomic mass is 10.1. The molecule has 5 heteroatoms. The first-order valence-corrected chi connectivity index (χ1v) is 8.92. The molecule has 0 aromatic carbocycles. The Morgan fingerprint density at radius 2 is 1.57 bits per heavy atom. The third kappa shape index (κ3) is 14.2. The number of rotatable bonds is 14. The van der Waals surface area contributed by atoms with E-state index in [9.17, 15) is 9.59 Å². The number of ether oxygens (including phenoxy) is 3. The topological polar surface area (TPSA) is 61.8 Å². The summed E-state index contributed by atoms with van der Waals surface area (Å²) >= 11 is 0. The summed E-state index contributed by atoms with van der Waals surface area (Å²) in [6.07, 6.45) is 6.68. The fourth-order valence-electron chi connectivity index (χ4n) is 2.17. The highest BCUT2D eigenvalue weighted by molar-refractivity contribution is 5.73. The van der Waals surface area contributed by atoms with Gasteiger partial charge < -0.3 is 14.2 Å². The maximum absolute atomic E-state index is 11.7. The van der Waals surface area contributed by atoms with Crippen LogP contribution >= 0.6 is 0 Å². The van der Waals surface area contributed by atoms with Crippen molar-refractivity contribution in [3.8, 4) is 0 Å². The highest BCUT2D eigenvalue weighted by Crippen LogP contribution is 2.11. The van der Waals surface area contributed by atoms with Crippen molar-refractivity contribution in [3.05, 3.63) is 0 Å². The molecule has 0 spiro atoms. The maximum Gasteiger partial charge on any atom is 0.332 e. The monoisotopic (exact) mass is 330 g/mol. The number of hydrogen-bond donors (Lipinski definition) is 0. The number of carbonyl (C=O) groups is 2. The van der Waals surface area contributed by atoms with E-state index < -0.39 is 11.9 Å². The standard InChI is InChI=1S/C18H34O5/c1-5-7-11-16(9-6-2)23-18(20)14-21-13-17(19)22-12-8-10-15(3)4/h15-16H,5-14H2,1-4H3. The molecule has 0 saturated heterocycles. The lowest BCUT2D eigenvalue weighted by molar-refractivity contribution is -0.159. The van der Waals surface area contributed by atoms with Crippen LogP contribution in [0.4, 0.5) is 0 Å². The van der Waals surface area contributed by atoms with E-state index in [2.05, 4.69) is 27.7 Å². The summed E-state index contributed by atoms with van der Waals surface area (Å²) in [7, 11) is 0. The van der Waals surface area contributed by atoms with Crippen LogP contribution in [0, 0.1) is 5.92 Å². The molecule has 23 heavy (non-hydrogen) atoms. The Morgan fingerprint density at radius 1 is 0.870 bits per heavy atom. The fourth-order valence-corrected chi connectivity index (χ4v) is 2.17. The highest BCUT2D eigenvalue weighted by Gasteiger charge is 2.14. The second-order valence-corrected chi connectivity index (χ2v) is 6.29. The molecule has 0 N–H and O–H groups in total. The van der Waals surface area contributed by atoms with Crippen molar-refractivity contribution in [1.29, 1.82) is 0 Å². The zero-order valence-electron chi connectivity index (χ0n) is 15.3. The van der Waals surface area contributed by atoms with Crippen LogP contribution in [-0.4, -0.2) is 37.9 Å². The normalized spacial score (nSPS) is 12.2. The molecular weight excluding hydrogens is 296 g/mol. The largest absolute Gasteiger partial charge is 0.464 e. The minimum atomic E-state index is -0.433. The average Bonchev–Trinajstić information content (AvgIpc) is 2.49. The molecule has 0 bridgehead atoms. The molecule has 0 aromatic heterocycles. The Kier molecular flexibility index (Phi) is 13.8. The van der Waals surface area contributed by atoms with Crippen LogP contribution in [0.15, 0.2) is 0 Å². The molecule has 0 aliphatic rings. The summed E-state index contributed by atoms with van der Waals surface area (Å²) in [5.41, 5.74) is 0. The lowest BCUT2D eigenvalue weighted by Gasteiger charge is -2.16. The van der Waals surface area contributed by atoms with Gasteiger partial charge in [-0.25, -0.2) is 9.59 Å². The summed E-state index contributed by atoms with van der Waals surface area (Å²) in [5.74, 6) is -0.242. The molecule has 0 aliphatic heterocycles. The van der Waals surface area contributed by atoms with E-state index in [4.69, 9.17) is 14.2 Å². The van der Waals surface area contributed by atoms with Gasteiger partial charge in [-0.3, -0.25) is 0 Å². The Labute approximate surface area is 141 Å². The first-order chi connectivity index (χ1) is 11.0. The van der Waals surface area contributed by atoms with Crippen molar-refractivity contribution in [3.63, 3.8) is 0 Å². The van der Waals surface area contributed by atoms with Crippen LogP contribution in [0.25, 0.3) is 0 Å². The first-order valence-electron chi connectivity index (χ1n) is 8.92. The Bertz CT molecular complexity index is 315. The van der Waals surface area contributed by atoms with E-state index in [0.717, 1.165) is 44.9 Å². The van der Waals surface area contributed by atoms with E-state index >= 15 is 0 Å². The minimum absolute atomic E-state index is 0.0426. The van der Waals surface area contributed by atoms with E-state index in [0.29, 0.717) is 12.5 Å². The number of hydrogen-bond acceptors (Lipinski definition) is 5. The quantitative estimate of drug-likeness (QED) is 0.357. The van der Waals surface area contributed by atoms with E-state index in [1.54, 1.807) is 0 Å². The van der Waals surface area contributed by atoms with Crippen molar-refractivity contribution >= 4 is 11.9 Å². The van der Waals surface area contributed by atoms with Gasteiger partial charge in [-0.1, -0.05) is 47.0 Å². The maximum atomic E-state index is 11.7. The molecule has 5 nitrogen and oxygen atoms in total. The predicted octanol–water partition coefficient (Wildman–Crippen LogP) is 3.88. The summed E-state index contributed by atoms with van der Waals surface area (Å²) < 4.78 is 15.5. The van der Waals surface area contributed by atoms with Crippen molar-refractivity contribution in [2.75, 3.05) is 19.8 Å². The van der Waals surface area contributed by atoms with Gasteiger partial charge in [-0.15, -0.1) is 0 Å². The summed E-state index contributed by atoms with van der Waals surface area (Å²) in [5, 5.41) is 0. The Morgan fingerprint density at radius 3 is 2.17 bits per heavy atom. The van der Waals surface area contributed by atoms with Crippen LogP contribution < -0.4 is 0 Å². The van der Waals surface area contributed by atoms with Gasteiger partial charge in [0.15, 0.2) is 0 Å².